The summed E-state index contributed by atoms with van der Waals surface area (Å²) in [4.78, 5) is -0.0441. The fourth-order valence-electron chi connectivity index (χ4n) is 1.66. The summed E-state index contributed by atoms with van der Waals surface area (Å²) >= 11 is 0. The molecule has 0 amide bonds. The van der Waals surface area contributed by atoms with Crippen LogP contribution in [0.25, 0.3) is 0 Å². The number of rotatable bonds is 4. The van der Waals surface area contributed by atoms with Gasteiger partial charge >= 0.3 is 6.18 Å². The first-order valence-electron chi connectivity index (χ1n) is 5.26. The van der Waals surface area contributed by atoms with Crippen LogP contribution in [-0.2, 0) is 9.05 Å². The van der Waals surface area contributed by atoms with Crippen molar-refractivity contribution in [1.29, 1.82) is 0 Å². The van der Waals surface area contributed by atoms with E-state index < -0.39 is 28.3 Å². The Morgan fingerprint density at radius 1 is 1.21 bits per heavy atom. The lowest BCUT2D eigenvalue weighted by Gasteiger charge is -2.12. The number of hydrogen-bond acceptors (Lipinski definition) is 3. The van der Waals surface area contributed by atoms with Gasteiger partial charge in [0.15, 0.2) is 0 Å². The largest absolute Gasteiger partial charge is 0.493 e. The molecule has 108 valence electrons. The van der Waals surface area contributed by atoms with Gasteiger partial charge in [-0.05, 0) is 37.1 Å². The van der Waals surface area contributed by atoms with Crippen molar-refractivity contribution in [2.24, 2.45) is 0 Å². The maximum atomic E-state index is 12.0. The highest BCUT2D eigenvalue weighted by molar-refractivity contribution is 8.13. The van der Waals surface area contributed by atoms with Crippen molar-refractivity contribution in [3.05, 3.63) is 23.3 Å². The standard InChI is InChI=1S/C11H12ClF3O3S/c1-7-5-9(18-4-3-11(13,14)15)6-8(2)10(7)19(12,16)17/h5-6H,3-4H2,1-2H3. The minimum Gasteiger partial charge on any atom is -0.493 e. The van der Waals surface area contributed by atoms with Crippen LogP contribution in [0.2, 0.25) is 0 Å². The lowest BCUT2D eigenvalue weighted by Crippen LogP contribution is -2.13. The van der Waals surface area contributed by atoms with E-state index in [9.17, 15) is 21.6 Å². The van der Waals surface area contributed by atoms with Crippen molar-refractivity contribution < 1.29 is 26.3 Å². The summed E-state index contributed by atoms with van der Waals surface area (Å²) < 4.78 is 63.4. The quantitative estimate of drug-likeness (QED) is 0.798. The predicted octanol–water partition coefficient (Wildman–Crippen LogP) is 3.56. The molecule has 0 saturated carbocycles. The second kappa shape index (κ2) is 5.58. The molecule has 0 bridgehead atoms. The molecule has 0 radical (unpaired) electrons. The summed E-state index contributed by atoms with van der Waals surface area (Å²) in [5, 5.41) is 0. The van der Waals surface area contributed by atoms with Gasteiger partial charge in [-0.3, -0.25) is 0 Å². The van der Waals surface area contributed by atoms with Crippen LogP contribution >= 0.6 is 10.7 Å². The fraction of sp³-hybridized carbons (Fsp3) is 0.455. The molecule has 0 fully saturated rings. The van der Waals surface area contributed by atoms with Crippen LogP contribution in [0.15, 0.2) is 17.0 Å². The molecule has 8 heteroatoms. The van der Waals surface area contributed by atoms with Gasteiger partial charge in [-0.15, -0.1) is 0 Å². The zero-order chi connectivity index (χ0) is 14.8. The first-order valence-corrected chi connectivity index (χ1v) is 7.57. The molecule has 0 aromatic heterocycles. The minimum absolute atomic E-state index is 0.0441. The molecule has 19 heavy (non-hydrogen) atoms. The van der Waals surface area contributed by atoms with E-state index in [-0.39, 0.29) is 10.6 Å². The van der Waals surface area contributed by atoms with Gasteiger partial charge in [0.1, 0.15) is 5.75 Å². The zero-order valence-electron chi connectivity index (χ0n) is 10.2. The van der Waals surface area contributed by atoms with Crippen molar-refractivity contribution in [3.63, 3.8) is 0 Å². The molecule has 0 atom stereocenters. The lowest BCUT2D eigenvalue weighted by molar-refractivity contribution is -0.139. The topological polar surface area (TPSA) is 43.4 Å². The number of aryl methyl sites for hydroxylation is 2. The van der Waals surface area contributed by atoms with Crippen molar-refractivity contribution in [1.82, 2.24) is 0 Å². The Bertz CT molecular complexity index is 544. The molecule has 0 heterocycles. The summed E-state index contributed by atoms with van der Waals surface area (Å²) in [7, 11) is 1.38. The van der Waals surface area contributed by atoms with Crippen LogP contribution in [0.1, 0.15) is 17.5 Å². The average Bonchev–Trinajstić information content (AvgIpc) is 2.11. The van der Waals surface area contributed by atoms with Gasteiger partial charge in [0, 0.05) is 10.7 Å². The van der Waals surface area contributed by atoms with Crippen LogP contribution in [0.3, 0.4) is 0 Å². The lowest BCUT2D eigenvalue weighted by atomic mass is 10.1. The highest BCUT2D eigenvalue weighted by Gasteiger charge is 2.27. The van der Waals surface area contributed by atoms with Crippen LogP contribution in [0, 0.1) is 13.8 Å². The molecule has 0 saturated heterocycles. The van der Waals surface area contributed by atoms with Gasteiger partial charge in [0.2, 0.25) is 0 Å². The first-order chi connectivity index (χ1) is 8.50. The molecule has 1 aromatic rings. The Labute approximate surface area is 113 Å². The van der Waals surface area contributed by atoms with Crippen LogP contribution in [-0.4, -0.2) is 21.2 Å². The van der Waals surface area contributed by atoms with Crippen molar-refractivity contribution in [2.45, 2.75) is 31.3 Å². The highest BCUT2D eigenvalue weighted by atomic mass is 35.7. The molecule has 0 aliphatic rings. The Hall–Kier alpha value is -0.950. The summed E-state index contributed by atoms with van der Waals surface area (Å²) in [6.45, 7) is 2.48. The predicted molar refractivity (Wildman–Crippen MR) is 65.1 cm³/mol. The van der Waals surface area contributed by atoms with Gasteiger partial charge in [0.05, 0.1) is 17.9 Å². The van der Waals surface area contributed by atoms with E-state index in [4.69, 9.17) is 15.4 Å². The molecular weight excluding hydrogens is 305 g/mol. The van der Waals surface area contributed by atoms with E-state index in [1.807, 2.05) is 0 Å². The molecule has 3 nitrogen and oxygen atoms in total. The Balaban J connectivity index is 2.91. The summed E-state index contributed by atoms with van der Waals surface area (Å²) in [5.41, 5.74) is 0.661. The van der Waals surface area contributed by atoms with Crippen molar-refractivity contribution in [2.75, 3.05) is 6.61 Å². The highest BCUT2D eigenvalue weighted by Crippen LogP contribution is 2.28. The molecule has 0 N–H and O–H groups in total. The smallest absolute Gasteiger partial charge is 0.392 e. The molecule has 1 rings (SSSR count). The first kappa shape index (κ1) is 16.1. The van der Waals surface area contributed by atoms with Crippen molar-refractivity contribution >= 4 is 19.7 Å². The van der Waals surface area contributed by atoms with E-state index in [1.54, 1.807) is 0 Å². The molecule has 0 unspecified atom stereocenters. The fourth-order valence-corrected chi connectivity index (χ4v) is 3.28. The number of hydrogen-bond donors (Lipinski definition) is 0. The van der Waals surface area contributed by atoms with Crippen LogP contribution in [0.4, 0.5) is 13.2 Å². The number of halogens is 4. The summed E-state index contributed by atoms with van der Waals surface area (Å²) in [5.74, 6) is 0.184. The van der Waals surface area contributed by atoms with Gasteiger partial charge < -0.3 is 4.74 Å². The maximum absolute atomic E-state index is 12.0. The molecule has 0 aliphatic heterocycles. The van der Waals surface area contributed by atoms with E-state index in [0.717, 1.165) is 0 Å². The third kappa shape index (κ3) is 4.91. The third-order valence-electron chi connectivity index (χ3n) is 2.33. The zero-order valence-corrected chi connectivity index (χ0v) is 11.8. The summed E-state index contributed by atoms with van der Waals surface area (Å²) in [6, 6.07) is 2.69. The van der Waals surface area contributed by atoms with E-state index in [2.05, 4.69) is 0 Å². The van der Waals surface area contributed by atoms with Crippen LogP contribution in [0.5, 0.6) is 5.75 Å². The van der Waals surface area contributed by atoms with Gasteiger partial charge in [-0.1, -0.05) is 0 Å². The SMILES string of the molecule is Cc1cc(OCCC(F)(F)F)cc(C)c1S(=O)(=O)Cl. The average molecular weight is 317 g/mol. The Morgan fingerprint density at radius 3 is 2.05 bits per heavy atom. The normalized spacial score (nSPS) is 12.5. The Morgan fingerprint density at radius 2 is 1.68 bits per heavy atom. The molecule has 0 spiro atoms. The number of ether oxygens (including phenoxy) is 1. The van der Waals surface area contributed by atoms with Gasteiger partial charge in [-0.2, -0.15) is 13.2 Å². The molecule has 1 aromatic carbocycles. The number of benzene rings is 1. The molecule has 0 aliphatic carbocycles. The monoisotopic (exact) mass is 316 g/mol. The Kier molecular flexibility index (Phi) is 4.73. The van der Waals surface area contributed by atoms with Gasteiger partial charge in [-0.25, -0.2) is 8.42 Å². The van der Waals surface area contributed by atoms with E-state index in [0.29, 0.717) is 11.1 Å². The van der Waals surface area contributed by atoms with E-state index >= 15 is 0 Å². The summed E-state index contributed by atoms with van der Waals surface area (Å²) in [6.07, 6.45) is -5.36. The van der Waals surface area contributed by atoms with Gasteiger partial charge in [0.25, 0.3) is 9.05 Å². The maximum Gasteiger partial charge on any atom is 0.392 e. The molecular formula is C11H12ClF3O3S. The third-order valence-corrected chi connectivity index (χ3v) is 3.93. The second-order valence-corrected chi connectivity index (χ2v) is 6.54. The number of alkyl halides is 3. The van der Waals surface area contributed by atoms with E-state index in [1.165, 1.54) is 26.0 Å². The second-order valence-electron chi connectivity index (χ2n) is 4.04. The minimum atomic E-state index is -4.29. The van der Waals surface area contributed by atoms with Crippen LogP contribution < -0.4 is 4.74 Å². The van der Waals surface area contributed by atoms with Crippen molar-refractivity contribution in [3.8, 4) is 5.75 Å².